The Morgan fingerprint density at radius 3 is 2.61 bits per heavy atom. The van der Waals surface area contributed by atoms with Crippen LogP contribution in [0.25, 0.3) is 0 Å². The molecule has 5 nitrogen and oxygen atoms in total. The van der Waals surface area contributed by atoms with Crippen LogP contribution in [0.2, 0.25) is 0 Å². The molecular weight excluding hydrogens is 332 g/mol. The van der Waals surface area contributed by atoms with Gasteiger partial charge in [-0.3, -0.25) is 9.79 Å². The number of carbonyl (C=O) groups excluding carboxylic acids is 1. The molecule has 0 spiro atoms. The smallest absolute Gasteiger partial charge is 0.244 e. The Balaban J connectivity index is 1.80. The summed E-state index contributed by atoms with van der Waals surface area (Å²) in [5.74, 6) is -0.597. The van der Waals surface area contributed by atoms with E-state index in [1.165, 1.54) is 12.3 Å². The zero-order valence-corrected chi connectivity index (χ0v) is 13.7. The summed E-state index contributed by atoms with van der Waals surface area (Å²) < 4.78 is 25.1. The fourth-order valence-electron chi connectivity index (χ4n) is 2.32. The van der Waals surface area contributed by atoms with Crippen molar-refractivity contribution in [1.82, 2.24) is 5.32 Å². The summed E-state index contributed by atoms with van der Waals surface area (Å²) in [6.07, 6.45) is 1.18. The SMILES string of the molecule is O=C(NCc1ccccc1S)C1C=Nc2ccccc2S1(=O)=O. The fourth-order valence-corrected chi connectivity index (χ4v) is 4.10. The molecule has 1 amide bonds. The highest BCUT2D eigenvalue weighted by molar-refractivity contribution is 7.93. The molecule has 0 radical (unpaired) electrons. The predicted octanol–water partition coefficient (Wildman–Crippen LogP) is 2.15. The molecule has 1 aliphatic rings. The number of nitrogens with zero attached hydrogens (tertiary/aromatic N) is 1. The van der Waals surface area contributed by atoms with E-state index >= 15 is 0 Å². The number of hydrogen-bond donors (Lipinski definition) is 2. The zero-order chi connectivity index (χ0) is 16.4. The van der Waals surface area contributed by atoms with Crippen LogP contribution in [0.5, 0.6) is 0 Å². The van der Waals surface area contributed by atoms with Crippen molar-refractivity contribution in [3.8, 4) is 0 Å². The largest absolute Gasteiger partial charge is 0.351 e. The maximum Gasteiger partial charge on any atom is 0.244 e. The van der Waals surface area contributed by atoms with E-state index in [-0.39, 0.29) is 11.4 Å². The Kier molecular flexibility index (Phi) is 4.23. The van der Waals surface area contributed by atoms with Crippen LogP contribution >= 0.6 is 12.6 Å². The Labute approximate surface area is 139 Å². The van der Waals surface area contributed by atoms with Crippen LogP contribution in [-0.2, 0) is 21.2 Å². The molecule has 2 aromatic carbocycles. The standard InChI is InChI=1S/C16H14N2O3S2/c19-16(18-9-11-5-1-3-7-13(11)22)15-10-17-12-6-2-4-8-14(12)23(15,20)21/h1-8,10,15,22H,9H2,(H,18,19). The lowest BCUT2D eigenvalue weighted by atomic mass is 10.2. The second kappa shape index (κ2) is 6.17. The number of amides is 1. The first-order valence-corrected chi connectivity index (χ1v) is 8.91. The van der Waals surface area contributed by atoms with Crippen molar-refractivity contribution >= 4 is 40.3 Å². The van der Waals surface area contributed by atoms with Crippen molar-refractivity contribution in [2.24, 2.45) is 4.99 Å². The number of aliphatic imine (C=N–C) groups is 1. The molecule has 3 rings (SSSR count). The minimum Gasteiger partial charge on any atom is -0.351 e. The highest BCUT2D eigenvalue weighted by Gasteiger charge is 2.36. The van der Waals surface area contributed by atoms with E-state index < -0.39 is 21.0 Å². The van der Waals surface area contributed by atoms with Gasteiger partial charge in [-0.2, -0.15) is 0 Å². The van der Waals surface area contributed by atoms with E-state index in [1.54, 1.807) is 24.3 Å². The van der Waals surface area contributed by atoms with E-state index in [1.807, 2.05) is 18.2 Å². The maximum absolute atomic E-state index is 12.6. The van der Waals surface area contributed by atoms with Crippen molar-refractivity contribution in [2.45, 2.75) is 21.6 Å². The summed E-state index contributed by atoms with van der Waals surface area (Å²) in [7, 11) is -3.78. The predicted molar refractivity (Wildman–Crippen MR) is 91.1 cm³/mol. The van der Waals surface area contributed by atoms with Crippen LogP contribution in [0.3, 0.4) is 0 Å². The van der Waals surface area contributed by atoms with E-state index in [0.29, 0.717) is 5.69 Å². The van der Waals surface area contributed by atoms with Gasteiger partial charge in [-0.15, -0.1) is 12.6 Å². The van der Waals surface area contributed by atoms with E-state index in [4.69, 9.17) is 0 Å². The van der Waals surface area contributed by atoms with Gasteiger partial charge in [0.05, 0.1) is 10.6 Å². The van der Waals surface area contributed by atoms with Crippen molar-refractivity contribution in [2.75, 3.05) is 0 Å². The molecule has 118 valence electrons. The average molecular weight is 346 g/mol. The number of hydrogen-bond acceptors (Lipinski definition) is 5. The van der Waals surface area contributed by atoms with Crippen LogP contribution in [0.15, 0.2) is 63.3 Å². The quantitative estimate of drug-likeness (QED) is 0.836. The molecule has 0 saturated heterocycles. The van der Waals surface area contributed by atoms with Gasteiger partial charge >= 0.3 is 0 Å². The molecule has 1 N–H and O–H groups in total. The van der Waals surface area contributed by atoms with Gasteiger partial charge in [0, 0.05) is 17.7 Å². The number of benzene rings is 2. The van der Waals surface area contributed by atoms with Crippen molar-refractivity contribution in [3.05, 3.63) is 54.1 Å². The average Bonchev–Trinajstić information content (AvgIpc) is 2.54. The molecule has 7 heteroatoms. The van der Waals surface area contributed by atoms with Crippen LogP contribution in [0, 0.1) is 0 Å². The Hall–Kier alpha value is -2.12. The number of rotatable bonds is 3. The summed E-state index contributed by atoms with van der Waals surface area (Å²) in [4.78, 5) is 17.2. The molecule has 0 aliphatic carbocycles. The Bertz CT molecular complexity index is 892. The van der Waals surface area contributed by atoms with Gasteiger partial charge in [-0.25, -0.2) is 8.42 Å². The topological polar surface area (TPSA) is 75.6 Å². The van der Waals surface area contributed by atoms with Crippen LogP contribution in [0.1, 0.15) is 5.56 Å². The van der Waals surface area contributed by atoms with Gasteiger partial charge in [-0.05, 0) is 23.8 Å². The third-order valence-corrected chi connectivity index (χ3v) is 5.96. The Morgan fingerprint density at radius 2 is 1.83 bits per heavy atom. The normalized spacial score (nSPS) is 18.2. The second-order valence-corrected chi connectivity index (χ2v) is 7.58. The highest BCUT2D eigenvalue weighted by atomic mass is 32.2. The number of sulfone groups is 1. The number of para-hydroxylation sites is 1. The number of fused-ring (bicyclic) bond motifs is 1. The summed E-state index contributed by atoms with van der Waals surface area (Å²) in [6.45, 7) is 0.208. The number of nitrogens with one attached hydrogen (secondary N) is 1. The van der Waals surface area contributed by atoms with Crippen molar-refractivity contribution < 1.29 is 13.2 Å². The first-order valence-electron chi connectivity index (χ1n) is 6.92. The third-order valence-electron chi connectivity index (χ3n) is 3.56. The molecule has 1 aliphatic heterocycles. The van der Waals surface area contributed by atoms with Crippen molar-refractivity contribution in [1.29, 1.82) is 0 Å². The lowest BCUT2D eigenvalue weighted by Crippen LogP contribution is -2.41. The summed E-state index contributed by atoms with van der Waals surface area (Å²) in [5, 5.41) is 1.32. The first kappa shape index (κ1) is 15.8. The van der Waals surface area contributed by atoms with Gasteiger partial charge in [0.25, 0.3) is 0 Å². The highest BCUT2D eigenvalue weighted by Crippen LogP contribution is 2.30. The van der Waals surface area contributed by atoms with Crippen LogP contribution in [0.4, 0.5) is 5.69 Å². The van der Waals surface area contributed by atoms with E-state index in [0.717, 1.165) is 10.5 Å². The molecule has 0 aromatic heterocycles. The summed E-state index contributed by atoms with van der Waals surface area (Å²) in [6, 6.07) is 13.7. The summed E-state index contributed by atoms with van der Waals surface area (Å²) >= 11 is 4.30. The minimum atomic E-state index is -3.78. The van der Waals surface area contributed by atoms with Crippen LogP contribution < -0.4 is 5.32 Å². The molecule has 1 unspecified atom stereocenters. The van der Waals surface area contributed by atoms with Crippen LogP contribution in [-0.4, -0.2) is 25.8 Å². The lowest BCUT2D eigenvalue weighted by molar-refractivity contribution is -0.119. The van der Waals surface area contributed by atoms with E-state index in [9.17, 15) is 13.2 Å². The molecule has 0 saturated carbocycles. The van der Waals surface area contributed by atoms with Gasteiger partial charge in [0.15, 0.2) is 15.1 Å². The molecular formula is C16H14N2O3S2. The summed E-state index contributed by atoms with van der Waals surface area (Å²) in [5.41, 5.74) is 1.17. The minimum absolute atomic E-state index is 0.0808. The van der Waals surface area contributed by atoms with Gasteiger partial charge in [0.1, 0.15) is 0 Å². The third kappa shape index (κ3) is 3.02. The molecule has 2 aromatic rings. The monoisotopic (exact) mass is 346 g/mol. The number of thiol groups is 1. The fraction of sp³-hybridized carbons (Fsp3) is 0.125. The molecule has 1 atom stereocenters. The Morgan fingerprint density at radius 1 is 1.13 bits per heavy atom. The lowest BCUT2D eigenvalue weighted by Gasteiger charge is -2.19. The van der Waals surface area contributed by atoms with Gasteiger partial charge < -0.3 is 5.32 Å². The van der Waals surface area contributed by atoms with Gasteiger partial charge in [-0.1, -0.05) is 30.3 Å². The number of carbonyl (C=O) groups is 1. The van der Waals surface area contributed by atoms with E-state index in [2.05, 4.69) is 22.9 Å². The molecule has 23 heavy (non-hydrogen) atoms. The molecule has 0 bridgehead atoms. The maximum atomic E-state index is 12.6. The van der Waals surface area contributed by atoms with Crippen molar-refractivity contribution in [3.63, 3.8) is 0 Å². The first-order chi connectivity index (χ1) is 11.0. The second-order valence-electron chi connectivity index (χ2n) is 5.06. The zero-order valence-electron chi connectivity index (χ0n) is 12.0. The molecule has 1 heterocycles. The molecule has 0 fully saturated rings. The van der Waals surface area contributed by atoms with Gasteiger partial charge in [0.2, 0.25) is 5.91 Å².